The molecule has 1 aromatic rings. The molecule has 0 fully saturated rings. The molecule has 0 saturated heterocycles. The van der Waals surface area contributed by atoms with Gasteiger partial charge < -0.3 is 15.8 Å². The minimum atomic E-state index is -0.568. The molecule has 0 aliphatic carbocycles. The van der Waals surface area contributed by atoms with Gasteiger partial charge in [0, 0.05) is 25.2 Å². The van der Waals surface area contributed by atoms with Gasteiger partial charge in [0.1, 0.15) is 5.78 Å². The summed E-state index contributed by atoms with van der Waals surface area (Å²) >= 11 is 0. The van der Waals surface area contributed by atoms with Crippen LogP contribution in [0.5, 0.6) is 0 Å². The van der Waals surface area contributed by atoms with Crippen LogP contribution in [0, 0.1) is 17.2 Å². The van der Waals surface area contributed by atoms with Gasteiger partial charge in [0.2, 0.25) is 5.91 Å². The van der Waals surface area contributed by atoms with E-state index in [0.717, 1.165) is 6.42 Å². The summed E-state index contributed by atoms with van der Waals surface area (Å²) in [5.74, 6) is -0.463. The van der Waals surface area contributed by atoms with Crippen LogP contribution in [0.1, 0.15) is 64.9 Å². The smallest absolute Gasteiger partial charge is 0.223 e. The number of hydrogen-bond donors (Lipinski definition) is 3. The average molecular weight is 402 g/mol. The van der Waals surface area contributed by atoms with Crippen molar-refractivity contribution < 1.29 is 14.4 Å². The summed E-state index contributed by atoms with van der Waals surface area (Å²) in [4.78, 5) is 36.6. The van der Waals surface area contributed by atoms with Gasteiger partial charge in [0.15, 0.2) is 5.78 Å². The lowest BCUT2D eigenvalue weighted by molar-refractivity contribution is -0.132. The molecule has 4 N–H and O–H groups in total. The first kappa shape index (κ1) is 24.5. The Morgan fingerprint density at radius 1 is 1.07 bits per heavy atom. The molecule has 0 saturated carbocycles. The van der Waals surface area contributed by atoms with Crippen LogP contribution in [-0.2, 0) is 20.8 Å². The number of rotatable bonds is 14. The number of nitrogens with two attached hydrogens (primary N) is 1. The van der Waals surface area contributed by atoms with Crippen molar-refractivity contribution in [2.75, 3.05) is 0 Å². The Hall–Kier alpha value is -2.50. The zero-order chi connectivity index (χ0) is 21.8. The van der Waals surface area contributed by atoms with Gasteiger partial charge in [-0.25, -0.2) is 0 Å². The summed E-state index contributed by atoms with van der Waals surface area (Å²) in [6, 6.07) is 9.46. The van der Waals surface area contributed by atoms with Crippen LogP contribution in [0.3, 0.4) is 0 Å². The Morgan fingerprint density at radius 3 is 2.31 bits per heavy atom. The lowest BCUT2D eigenvalue weighted by Crippen LogP contribution is -2.44. The van der Waals surface area contributed by atoms with E-state index in [1.54, 1.807) is 6.92 Å². The molecular formula is C23H35N3O3. The molecule has 0 spiro atoms. The highest BCUT2D eigenvalue weighted by Gasteiger charge is 2.25. The van der Waals surface area contributed by atoms with E-state index in [1.807, 2.05) is 37.3 Å². The fraction of sp³-hybridized carbons (Fsp3) is 0.565. The van der Waals surface area contributed by atoms with E-state index in [2.05, 4.69) is 5.32 Å². The Kier molecular flexibility index (Phi) is 10.9. The molecule has 1 rings (SSSR count). The summed E-state index contributed by atoms with van der Waals surface area (Å²) in [5.41, 5.74) is 6.57. The second-order valence-corrected chi connectivity index (χ2v) is 8.10. The van der Waals surface area contributed by atoms with Gasteiger partial charge in [-0.15, -0.1) is 0 Å². The van der Waals surface area contributed by atoms with E-state index in [0.29, 0.717) is 32.1 Å². The standard InChI is InChI=1S/C23H35N3O3/c1-16(13-19-9-5-4-6-10-19)14-21(28)20(11-7-8-12-22(24)25)26-23(29)17(2)15-18(3)27/h4-6,9-10,16-17,20H,7-8,11-15H2,1-3H3,(H3,24,25)(H,26,29)/t16-,17+,20-/m0/s1. The van der Waals surface area contributed by atoms with Crippen molar-refractivity contribution in [3.63, 3.8) is 0 Å². The quantitative estimate of drug-likeness (QED) is 0.252. The van der Waals surface area contributed by atoms with Gasteiger partial charge >= 0.3 is 0 Å². The van der Waals surface area contributed by atoms with Crippen LogP contribution in [-0.4, -0.2) is 29.4 Å². The zero-order valence-electron chi connectivity index (χ0n) is 17.9. The number of hydrogen-bond acceptors (Lipinski definition) is 4. The van der Waals surface area contributed by atoms with Crippen molar-refractivity contribution in [2.45, 2.75) is 71.8 Å². The van der Waals surface area contributed by atoms with Crippen molar-refractivity contribution >= 4 is 23.3 Å². The molecule has 0 aromatic heterocycles. The van der Waals surface area contributed by atoms with Gasteiger partial charge in [-0.3, -0.25) is 15.0 Å². The average Bonchev–Trinajstić information content (AvgIpc) is 2.63. The Morgan fingerprint density at radius 2 is 1.72 bits per heavy atom. The van der Waals surface area contributed by atoms with Crippen molar-refractivity contribution in [2.24, 2.45) is 17.6 Å². The molecule has 29 heavy (non-hydrogen) atoms. The topological polar surface area (TPSA) is 113 Å². The Bertz CT molecular complexity index is 688. The highest BCUT2D eigenvalue weighted by Crippen LogP contribution is 2.16. The monoisotopic (exact) mass is 401 g/mol. The van der Waals surface area contributed by atoms with E-state index < -0.39 is 12.0 Å². The summed E-state index contributed by atoms with van der Waals surface area (Å²) < 4.78 is 0. The van der Waals surface area contributed by atoms with E-state index in [9.17, 15) is 14.4 Å². The molecule has 0 unspecified atom stereocenters. The minimum Gasteiger partial charge on any atom is -0.388 e. The highest BCUT2D eigenvalue weighted by atomic mass is 16.2. The van der Waals surface area contributed by atoms with Gasteiger partial charge in [0.05, 0.1) is 11.9 Å². The number of ketones is 2. The van der Waals surface area contributed by atoms with Crippen molar-refractivity contribution in [3.05, 3.63) is 35.9 Å². The molecule has 1 amide bonds. The predicted molar refractivity (Wildman–Crippen MR) is 116 cm³/mol. The molecule has 6 heteroatoms. The number of carbonyl (C=O) groups is 3. The first-order valence-electron chi connectivity index (χ1n) is 10.4. The van der Waals surface area contributed by atoms with Gasteiger partial charge in [0.25, 0.3) is 0 Å². The normalized spacial score (nSPS) is 13.9. The molecule has 160 valence electrons. The number of unbranched alkanes of at least 4 members (excludes halogenated alkanes) is 1. The molecule has 3 atom stereocenters. The number of benzene rings is 1. The van der Waals surface area contributed by atoms with Crippen LogP contribution in [0.15, 0.2) is 30.3 Å². The van der Waals surface area contributed by atoms with Crippen LogP contribution < -0.4 is 11.1 Å². The van der Waals surface area contributed by atoms with Gasteiger partial charge in [-0.2, -0.15) is 0 Å². The summed E-state index contributed by atoms with van der Waals surface area (Å²) in [6.45, 7) is 5.20. The molecule has 0 aliphatic heterocycles. The fourth-order valence-corrected chi connectivity index (χ4v) is 3.39. The van der Waals surface area contributed by atoms with Crippen LogP contribution in [0.4, 0.5) is 0 Å². The van der Waals surface area contributed by atoms with Gasteiger partial charge in [-0.1, -0.05) is 50.6 Å². The maximum Gasteiger partial charge on any atom is 0.223 e. The van der Waals surface area contributed by atoms with Crippen molar-refractivity contribution in [1.29, 1.82) is 5.41 Å². The third-order valence-corrected chi connectivity index (χ3v) is 4.91. The Labute approximate surface area is 174 Å². The molecule has 6 nitrogen and oxygen atoms in total. The van der Waals surface area contributed by atoms with Crippen LogP contribution in [0.2, 0.25) is 0 Å². The predicted octanol–water partition coefficient (Wildman–Crippen LogP) is 3.42. The fourth-order valence-electron chi connectivity index (χ4n) is 3.39. The second-order valence-electron chi connectivity index (χ2n) is 8.10. The maximum atomic E-state index is 12.9. The van der Waals surface area contributed by atoms with Crippen LogP contribution >= 0.6 is 0 Å². The first-order chi connectivity index (χ1) is 13.7. The van der Waals surface area contributed by atoms with Crippen molar-refractivity contribution in [3.8, 4) is 0 Å². The molecular weight excluding hydrogens is 366 g/mol. The lowest BCUT2D eigenvalue weighted by Gasteiger charge is -2.21. The number of Topliss-reactive ketones (excluding diaryl/α,β-unsaturated/α-hetero) is 2. The second kappa shape index (κ2) is 12.9. The molecule has 0 radical (unpaired) electrons. The molecule has 0 heterocycles. The van der Waals surface area contributed by atoms with Crippen LogP contribution in [0.25, 0.3) is 0 Å². The molecule has 1 aromatic carbocycles. The van der Waals surface area contributed by atoms with Gasteiger partial charge in [-0.05, 0) is 37.7 Å². The van der Waals surface area contributed by atoms with E-state index in [-0.39, 0.29) is 35.6 Å². The summed E-state index contributed by atoms with van der Waals surface area (Å²) in [6.07, 6.45) is 3.76. The summed E-state index contributed by atoms with van der Waals surface area (Å²) in [5, 5.41) is 10.2. The third-order valence-electron chi connectivity index (χ3n) is 4.91. The maximum absolute atomic E-state index is 12.9. The molecule has 0 bridgehead atoms. The molecule has 0 aliphatic rings. The van der Waals surface area contributed by atoms with E-state index >= 15 is 0 Å². The number of nitrogens with one attached hydrogen (secondary N) is 2. The summed E-state index contributed by atoms with van der Waals surface area (Å²) in [7, 11) is 0. The van der Waals surface area contributed by atoms with Crippen molar-refractivity contribution in [1.82, 2.24) is 5.32 Å². The van der Waals surface area contributed by atoms with E-state index in [1.165, 1.54) is 12.5 Å². The van der Waals surface area contributed by atoms with E-state index in [4.69, 9.17) is 11.1 Å². The number of carbonyl (C=O) groups excluding carboxylic acids is 3. The third kappa shape index (κ3) is 10.6. The highest BCUT2D eigenvalue weighted by molar-refractivity contribution is 5.91. The number of amidine groups is 1. The largest absolute Gasteiger partial charge is 0.388 e. The zero-order valence-corrected chi connectivity index (χ0v) is 17.9. The minimum absolute atomic E-state index is 0.0135. The lowest BCUT2D eigenvalue weighted by atomic mass is 9.91. The Balaban J connectivity index is 2.68. The SMILES string of the molecule is CC(=O)C[C@@H](C)C(=O)N[C@@H](CCCCC(=N)N)C(=O)C[C@@H](C)Cc1ccccc1. The number of amides is 1. The first-order valence-corrected chi connectivity index (χ1v) is 10.4.